The van der Waals surface area contributed by atoms with Crippen LogP contribution in [0.3, 0.4) is 0 Å². The zero-order chi connectivity index (χ0) is 23.1. The SMILES string of the molecule is Cc1cc(-c2c(C)ccc3c2oc2c4c(ccc23)C(C)(C)c2ccncc2-4)ncc1C(C)C. The van der Waals surface area contributed by atoms with Crippen molar-refractivity contribution in [3.63, 3.8) is 0 Å². The van der Waals surface area contributed by atoms with E-state index in [1.165, 1.54) is 38.9 Å². The standard InChI is InChI=1S/C30H28N2O/c1-16(2)21-15-32-25(13-18(21)4)26-17(3)7-8-19-20-9-10-24-27(29(20)33-28(19)26)22-14-31-12-11-23(22)30(24,5)6/h7-16H,1-6H3. The second-order valence-electron chi connectivity index (χ2n) is 10.2. The van der Waals surface area contributed by atoms with Gasteiger partial charge in [-0.25, -0.2) is 0 Å². The molecule has 0 radical (unpaired) electrons. The number of rotatable bonds is 2. The molecule has 0 saturated heterocycles. The fraction of sp³-hybridized carbons (Fsp3) is 0.267. The van der Waals surface area contributed by atoms with Crippen molar-refractivity contribution in [3.05, 3.63) is 82.8 Å². The highest BCUT2D eigenvalue weighted by Gasteiger charge is 2.37. The smallest absolute Gasteiger partial charge is 0.145 e. The van der Waals surface area contributed by atoms with E-state index in [2.05, 4.69) is 82.9 Å². The van der Waals surface area contributed by atoms with E-state index in [-0.39, 0.29) is 5.41 Å². The molecule has 2 aromatic carbocycles. The van der Waals surface area contributed by atoms with Gasteiger partial charge in [-0.3, -0.25) is 9.97 Å². The summed E-state index contributed by atoms with van der Waals surface area (Å²) in [5, 5.41) is 2.28. The van der Waals surface area contributed by atoms with Crippen LogP contribution >= 0.6 is 0 Å². The Morgan fingerprint density at radius 1 is 0.818 bits per heavy atom. The predicted molar refractivity (Wildman–Crippen MR) is 136 cm³/mol. The van der Waals surface area contributed by atoms with E-state index in [4.69, 9.17) is 9.40 Å². The third-order valence-corrected chi connectivity index (χ3v) is 7.48. The highest BCUT2D eigenvalue weighted by molar-refractivity contribution is 6.14. The number of furan rings is 1. The average Bonchev–Trinajstić information content (AvgIpc) is 3.26. The normalized spacial score (nSPS) is 14.3. The van der Waals surface area contributed by atoms with Crippen molar-refractivity contribution in [2.75, 3.05) is 0 Å². The summed E-state index contributed by atoms with van der Waals surface area (Å²) >= 11 is 0. The Hall–Kier alpha value is -3.46. The number of hydrogen-bond donors (Lipinski definition) is 0. The monoisotopic (exact) mass is 432 g/mol. The van der Waals surface area contributed by atoms with Crippen LogP contribution in [0.4, 0.5) is 0 Å². The molecule has 1 aliphatic carbocycles. The van der Waals surface area contributed by atoms with Gasteiger partial charge in [-0.15, -0.1) is 0 Å². The summed E-state index contributed by atoms with van der Waals surface area (Å²) in [5.74, 6) is 0.453. The van der Waals surface area contributed by atoms with E-state index < -0.39 is 0 Å². The number of pyridine rings is 2. The number of hydrogen-bond acceptors (Lipinski definition) is 3. The zero-order valence-electron chi connectivity index (χ0n) is 20.1. The van der Waals surface area contributed by atoms with Crippen molar-refractivity contribution in [3.8, 4) is 22.4 Å². The molecule has 164 valence electrons. The molecule has 3 aromatic heterocycles. The minimum atomic E-state index is -0.0785. The van der Waals surface area contributed by atoms with Gasteiger partial charge in [0.1, 0.15) is 11.2 Å². The third kappa shape index (κ3) is 2.68. The third-order valence-electron chi connectivity index (χ3n) is 7.48. The van der Waals surface area contributed by atoms with Crippen molar-refractivity contribution < 1.29 is 4.42 Å². The first-order chi connectivity index (χ1) is 15.8. The lowest BCUT2D eigenvalue weighted by Gasteiger charge is -2.20. The van der Waals surface area contributed by atoms with Gasteiger partial charge in [-0.2, -0.15) is 0 Å². The van der Waals surface area contributed by atoms with Gasteiger partial charge in [0.2, 0.25) is 0 Å². The molecule has 33 heavy (non-hydrogen) atoms. The fourth-order valence-electron chi connectivity index (χ4n) is 5.70. The zero-order valence-corrected chi connectivity index (χ0v) is 20.1. The number of fused-ring (bicyclic) bond motifs is 7. The first-order valence-corrected chi connectivity index (χ1v) is 11.7. The van der Waals surface area contributed by atoms with Crippen LogP contribution in [-0.4, -0.2) is 9.97 Å². The maximum absolute atomic E-state index is 6.76. The van der Waals surface area contributed by atoms with Crippen LogP contribution in [0.2, 0.25) is 0 Å². The Morgan fingerprint density at radius 2 is 1.55 bits per heavy atom. The summed E-state index contributed by atoms with van der Waals surface area (Å²) < 4.78 is 6.76. The molecule has 0 atom stereocenters. The van der Waals surface area contributed by atoms with E-state index in [0.717, 1.165) is 33.2 Å². The summed E-state index contributed by atoms with van der Waals surface area (Å²) in [6.07, 6.45) is 5.90. The Bertz CT molecular complexity index is 1590. The lowest BCUT2D eigenvalue weighted by Crippen LogP contribution is -2.14. The lowest BCUT2D eigenvalue weighted by molar-refractivity contribution is 0.653. The van der Waals surface area contributed by atoms with Crippen molar-refractivity contribution in [2.24, 2.45) is 0 Å². The molecule has 0 unspecified atom stereocenters. The summed E-state index contributed by atoms with van der Waals surface area (Å²) in [4.78, 5) is 9.31. The first kappa shape index (κ1) is 20.2. The van der Waals surface area contributed by atoms with Gasteiger partial charge >= 0.3 is 0 Å². The molecule has 0 bridgehead atoms. The highest BCUT2D eigenvalue weighted by atomic mass is 16.3. The predicted octanol–water partition coefficient (Wildman–Crippen LogP) is 8.09. The maximum atomic E-state index is 6.76. The molecule has 3 heteroatoms. The molecule has 1 aliphatic rings. The minimum absolute atomic E-state index is 0.0785. The largest absolute Gasteiger partial charge is 0.455 e. The Morgan fingerprint density at radius 3 is 2.27 bits per heavy atom. The van der Waals surface area contributed by atoms with Crippen LogP contribution in [0, 0.1) is 13.8 Å². The van der Waals surface area contributed by atoms with Gasteiger partial charge in [-0.1, -0.05) is 52.0 Å². The van der Waals surface area contributed by atoms with Crippen molar-refractivity contribution >= 4 is 21.9 Å². The highest BCUT2D eigenvalue weighted by Crippen LogP contribution is 2.52. The number of nitrogens with zero attached hydrogens (tertiary/aromatic N) is 2. The summed E-state index contributed by atoms with van der Waals surface area (Å²) in [6, 6.07) is 13.2. The van der Waals surface area contributed by atoms with Gasteiger partial charge in [0.15, 0.2) is 0 Å². The molecular formula is C30H28N2O. The Labute approximate surface area is 194 Å². The Balaban J connectivity index is 1.68. The summed E-state index contributed by atoms with van der Waals surface area (Å²) in [6.45, 7) is 13.3. The maximum Gasteiger partial charge on any atom is 0.145 e. The average molecular weight is 433 g/mol. The van der Waals surface area contributed by atoms with Crippen LogP contribution in [-0.2, 0) is 5.41 Å². The van der Waals surface area contributed by atoms with Crippen LogP contribution in [0.1, 0.15) is 61.4 Å². The quantitative estimate of drug-likeness (QED) is 0.283. The van der Waals surface area contributed by atoms with E-state index in [0.29, 0.717) is 5.92 Å². The van der Waals surface area contributed by atoms with Gasteiger partial charge < -0.3 is 4.42 Å². The molecule has 0 aliphatic heterocycles. The molecule has 3 heterocycles. The van der Waals surface area contributed by atoms with Crippen LogP contribution in [0.15, 0.2) is 59.4 Å². The summed E-state index contributed by atoms with van der Waals surface area (Å²) in [7, 11) is 0. The van der Waals surface area contributed by atoms with Crippen LogP contribution in [0.25, 0.3) is 44.3 Å². The van der Waals surface area contributed by atoms with Crippen molar-refractivity contribution in [1.82, 2.24) is 9.97 Å². The van der Waals surface area contributed by atoms with Gasteiger partial charge in [0.05, 0.1) is 5.69 Å². The molecule has 0 spiro atoms. The van der Waals surface area contributed by atoms with E-state index in [1.54, 1.807) is 0 Å². The molecule has 0 saturated carbocycles. The second kappa shape index (κ2) is 6.77. The molecular weight excluding hydrogens is 404 g/mol. The van der Waals surface area contributed by atoms with Gasteiger partial charge in [0, 0.05) is 51.5 Å². The first-order valence-electron chi connectivity index (χ1n) is 11.7. The number of benzene rings is 2. The lowest BCUT2D eigenvalue weighted by atomic mass is 9.82. The molecule has 3 nitrogen and oxygen atoms in total. The molecule has 0 N–H and O–H groups in total. The van der Waals surface area contributed by atoms with E-state index in [9.17, 15) is 0 Å². The van der Waals surface area contributed by atoms with Crippen molar-refractivity contribution in [2.45, 2.75) is 52.9 Å². The fourth-order valence-corrected chi connectivity index (χ4v) is 5.70. The summed E-state index contributed by atoms with van der Waals surface area (Å²) in [5.41, 5.74) is 12.5. The van der Waals surface area contributed by atoms with E-state index in [1.807, 2.05) is 18.6 Å². The second-order valence-corrected chi connectivity index (χ2v) is 10.2. The topological polar surface area (TPSA) is 38.9 Å². The van der Waals surface area contributed by atoms with Crippen LogP contribution < -0.4 is 0 Å². The van der Waals surface area contributed by atoms with Crippen molar-refractivity contribution in [1.29, 1.82) is 0 Å². The van der Waals surface area contributed by atoms with Gasteiger partial charge in [-0.05, 0) is 59.7 Å². The minimum Gasteiger partial charge on any atom is -0.455 e. The van der Waals surface area contributed by atoms with Gasteiger partial charge in [0.25, 0.3) is 0 Å². The number of aromatic nitrogens is 2. The van der Waals surface area contributed by atoms with E-state index >= 15 is 0 Å². The Kier molecular flexibility index (Phi) is 4.14. The molecule has 0 amide bonds. The molecule has 6 rings (SSSR count). The van der Waals surface area contributed by atoms with Crippen LogP contribution in [0.5, 0.6) is 0 Å². The molecule has 5 aromatic rings. The molecule has 0 fully saturated rings. The number of aryl methyl sites for hydroxylation is 2.